The highest BCUT2D eigenvalue weighted by atomic mass is 19.4. The molecule has 0 bridgehead atoms. The Balaban J connectivity index is 2.38. The number of nitrogens with two attached hydrogens (primary N) is 1. The first-order valence-corrected chi connectivity index (χ1v) is 5.62. The Morgan fingerprint density at radius 3 is 2.52 bits per heavy atom. The van der Waals surface area contributed by atoms with Crippen molar-refractivity contribution >= 4 is 17.5 Å². The van der Waals surface area contributed by atoms with Gasteiger partial charge in [-0.15, -0.1) is 0 Å². The van der Waals surface area contributed by atoms with Crippen LogP contribution in [-0.4, -0.2) is 17.1 Å². The van der Waals surface area contributed by atoms with Gasteiger partial charge in [0.05, 0.1) is 12.8 Å². The monoisotopic (exact) mass is 302 g/mol. The van der Waals surface area contributed by atoms with Crippen molar-refractivity contribution in [2.75, 3.05) is 18.2 Å². The fraction of sp³-hybridized carbons (Fsp3) is 0.167. The van der Waals surface area contributed by atoms with Gasteiger partial charge in [0.1, 0.15) is 17.4 Å². The Bertz CT molecular complexity index is 660. The average Bonchev–Trinajstić information content (AvgIpc) is 2.39. The predicted octanol–water partition coefficient (Wildman–Crippen LogP) is 2.97. The molecule has 3 N–H and O–H groups in total. The minimum atomic E-state index is -4.68. The van der Waals surface area contributed by atoms with Gasteiger partial charge in [-0.2, -0.15) is 18.2 Å². The number of hydrogen-bond donors (Lipinski definition) is 2. The summed E-state index contributed by atoms with van der Waals surface area (Å²) in [4.78, 5) is 6.67. The minimum absolute atomic E-state index is 0.0967. The van der Waals surface area contributed by atoms with Crippen LogP contribution in [0.1, 0.15) is 5.69 Å². The zero-order chi connectivity index (χ0) is 15.6. The summed E-state index contributed by atoms with van der Waals surface area (Å²) < 4.78 is 56.4. The van der Waals surface area contributed by atoms with Gasteiger partial charge in [0.2, 0.25) is 5.95 Å². The molecule has 0 aliphatic heterocycles. The van der Waals surface area contributed by atoms with Gasteiger partial charge >= 0.3 is 6.18 Å². The summed E-state index contributed by atoms with van der Waals surface area (Å²) in [6, 6.07) is 4.39. The molecule has 9 heteroatoms. The van der Waals surface area contributed by atoms with Crippen LogP contribution in [0.2, 0.25) is 0 Å². The minimum Gasteiger partial charge on any atom is -0.497 e. The van der Waals surface area contributed by atoms with Crippen LogP contribution in [0.3, 0.4) is 0 Å². The first-order chi connectivity index (χ1) is 9.79. The molecule has 112 valence electrons. The predicted molar refractivity (Wildman–Crippen MR) is 67.7 cm³/mol. The molecule has 0 aliphatic carbocycles. The van der Waals surface area contributed by atoms with Crippen LogP contribution in [-0.2, 0) is 6.18 Å². The largest absolute Gasteiger partial charge is 0.497 e. The number of nitrogen functional groups attached to an aromatic ring is 1. The molecular weight excluding hydrogens is 292 g/mol. The van der Waals surface area contributed by atoms with E-state index in [1.807, 2.05) is 0 Å². The van der Waals surface area contributed by atoms with Crippen molar-refractivity contribution in [2.24, 2.45) is 0 Å². The lowest BCUT2D eigenvalue weighted by atomic mass is 10.2. The number of aromatic nitrogens is 2. The summed E-state index contributed by atoms with van der Waals surface area (Å²) >= 11 is 0. The number of halogens is 4. The third-order valence-electron chi connectivity index (χ3n) is 2.47. The number of anilines is 3. The molecule has 21 heavy (non-hydrogen) atoms. The molecule has 0 atom stereocenters. The molecule has 2 aromatic rings. The van der Waals surface area contributed by atoms with Gasteiger partial charge in [0.25, 0.3) is 0 Å². The van der Waals surface area contributed by atoms with E-state index in [9.17, 15) is 17.6 Å². The number of ether oxygens (including phenoxy) is 1. The fourth-order valence-corrected chi connectivity index (χ4v) is 1.54. The SMILES string of the molecule is COc1ccc(F)c(Nc2cc(C(F)(F)F)nc(N)n2)c1. The number of hydrogen-bond acceptors (Lipinski definition) is 5. The third kappa shape index (κ3) is 3.50. The van der Waals surface area contributed by atoms with E-state index in [0.29, 0.717) is 11.8 Å². The lowest BCUT2D eigenvalue weighted by Crippen LogP contribution is -2.12. The van der Waals surface area contributed by atoms with Gasteiger partial charge in [-0.3, -0.25) is 0 Å². The van der Waals surface area contributed by atoms with Crippen molar-refractivity contribution in [1.29, 1.82) is 0 Å². The average molecular weight is 302 g/mol. The van der Waals surface area contributed by atoms with Crippen LogP contribution in [0.5, 0.6) is 5.75 Å². The second kappa shape index (κ2) is 5.43. The van der Waals surface area contributed by atoms with Gasteiger partial charge in [-0.1, -0.05) is 0 Å². The molecule has 0 fully saturated rings. The molecule has 1 aromatic heterocycles. The van der Waals surface area contributed by atoms with Crippen molar-refractivity contribution in [3.8, 4) is 5.75 Å². The van der Waals surface area contributed by atoms with Crippen molar-refractivity contribution in [3.05, 3.63) is 35.8 Å². The second-order valence-corrected chi connectivity index (χ2v) is 3.97. The summed E-state index contributed by atoms with van der Waals surface area (Å²) in [5.74, 6) is -1.20. The van der Waals surface area contributed by atoms with E-state index in [1.54, 1.807) is 0 Å². The number of alkyl halides is 3. The molecule has 5 nitrogen and oxygen atoms in total. The number of nitrogens with one attached hydrogen (secondary N) is 1. The molecule has 0 radical (unpaired) electrons. The molecule has 0 saturated carbocycles. The van der Waals surface area contributed by atoms with Crippen molar-refractivity contribution in [1.82, 2.24) is 9.97 Å². The summed E-state index contributed by atoms with van der Waals surface area (Å²) in [6.07, 6.45) is -4.68. The first kappa shape index (κ1) is 14.8. The van der Waals surface area contributed by atoms with Crippen LogP contribution in [0.25, 0.3) is 0 Å². The standard InChI is InChI=1S/C12H10F4N4O/c1-21-6-2-3-7(13)8(4-6)18-10-5-9(12(14,15)16)19-11(17)20-10/h2-5H,1H3,(H3,17,18,19,20). The van der Waals surface area contributed by atoms with E-state index < -0.39 is 23.6 Å². The highest BCUT2D eigenvalue weighted by molar-refractivity contribution is 5.60. The van der Waals surface area contributed by atoms with Gasteiger partial charge in [0.15, 0.2) is 5.69 Å². The van der Waals surface area contributed by atoms with Crippen LogP contribution < -0.4 is 15.8 Å². The second-order valence-electron chi connectivity index (χ2n) is 3.97. The quantitative estimate of drug-likeness (QED) is 0.853. The maximum Gasteiger partial charge on any atom is 0.433 e. The molecule has 0 aliphatic rings. The summed E-state index contributed by atoms with van der Waals surface area (Å²) in [5.41, 5.74) is 3.91. The Morgan fingerprint density at radius 2 is 1.90 bits per heavy atom. The van der Waals surface area contributed by atoms with E-state index in [4.69, 9.17) is 10.5 Å². The molecular formula is C12H10F4N4O. The van der Waals surface area contributed by atoms with Crippen molar-refractivity contribution < 1.29 is 22.3 Å². The van der Waals surface area contributed by atoms with Gasteiger partial charge in [-0.25, -0.2) is 9.37 Å². The third-order valence-corrected chi connectivity index (χ3v) is 2.47. The number of benzene rings is 1. The maximum absolute atomic E-state index is 13.6. The van der Waals surface area contributed by atoms with Gasteiger partial charge in [-0.05, 0) is 12.1 Å². The zero-order valence-electron chi connectivity index (χ0n) is 10.7. The summed E-state index contributed by atoms with van der Waals surface area (Å²) in [7, 11) is 1.38. The zero-order valence-corrected chi connectivity index (χ0v) is 10.7. The number of rotatable bonds is 3. The highest BCUT2D eigenvalue weighted by Crippen LogP contribution is 2.30. The van der Waals surface area contributed by atoms with E-state index >= 15 is 0 Å². The van der Waals surface area contributed by atoms with Crippen molar-refractivity contribution in [2.45, 2.75) is 6.18 Å². The van der Waals surface area contributed by atoms with E-state index in [-0.39, 0.29) is 11.5 Å². The Labute approximate surface area is 116 Å². The van der Waals surface area contributed by atoms with Crippen LogP contribution in [0.15, 0.2) is 24.3 Å². The normalized spacial score (nSPS) is 11.3. The molecule has 1 heterocycles. The van der Waals surface area contributed by atoms with Crippen molar-refractivity contribution in [3.63, 3.8) is 0 Å². The summed E-state index contributed by atoms with van der Waals surface area (Å²) in [5, 5.41) is 2.41. The summed E-state index contributed by atoms with van der Waals surface area (Å²) in [6.45, 7) is 0. The highest BCUT2D eigenvalue weighted by Gasteiger charge is 2.33. The first-order valence-electron chi connectivity index (χ1n) is 5.62. The van der Waals surface area contributed by atoms with Gasteiger partial charge < -0.3 is 15.8 Å². The van der Waals surface area contributed by atoms with Crippen LogP contribution in [0, 0.1) is 5.82 Å². The lowest BCUT2D eigenvalue weighted by Gasteiger charge is -2.11. The number of methoxy groups -OCH3 is 1. The van der Waals surface area contributed by atoms with Crippen LogP contribution in [0.4, 0.5) is 35.0 Å². The molecule has 0 spiro atoms. The molecule has 0 unspecified atom stereocenters. The van der Waals surface area contributed by atoms with E-state index in [0.717, 1.165) is 6.07 Å². The smallest absolute Gasteiger partial charge is 0.433 e. The molecule has 1 aromatic carbocycles. The number of nitrogens with zero attached hydrogens (tertiary/aromatic N) is 2. The van der Waals surface area contributed by atoms with E-state index in [1.165, 1.54) is 19.2 Å². The topological polar surface area (TPSA) is 73.1 Å². The van der Waals surface area contributed by atoms with Gasteiger partial charge in [0, 0.05) is 12.1 Å². The molecule has 0 amide bonds. The Kier molecular flexibility index (Phi) is 3.83. The Hall–Kier alpha value is -2.58. The molecule has 0 saturated heterocycles. The van der Waals surface area contributed by atoms with Crippen LogP contribution >= 0.6 is 0 Å². The Morgan fingerprint density at radius 1 is 1.19 bits per heavy atom. The molecule has 2 rings (SSSR count). The fourth-order valence-electron chi connectivity index (χ4n) is 1.54. The lowest BCUT2D eigenvalue weighted by molar-refractivity contribution is -0.141. The van der Waals surface area contributed by atoms with E-state index in [2.05, 4.69) is 15.3 Å². The maximum atomic E-state index is 13.6.